The second kappa shape index (κ2) is 7.23. The Hall–Kier alpha value is -1.63. The van der Waals surface area contributed by atoms with Gasteiger partial charge in [0.2, 0.25) is 5.91 Å². The molecule has 20 heavy (non-hydrogen) atoms. The van der Waals surface area contributed by atoms with E-state index in [-0.39, 0.29) is 16.6 Å². The van der Waals surface area contributed by atoms with Crippen LogP contribution in [0, 0.1) is 17.6 Å². The first-order valence-corrected chi connectivity index (χ1v) is 6.90. The molecule has 0 bridgehead atoms. The quantitative estimate of drug-likeness (QED) is 0.791. The van der Waals surface area contributed by atoms with Crippen LogP contribution < -0.4 is 5.32 Å². The first kappa shape index (κ1) is 16.4. The van der Waals surface area contributed by atoms with Gasteiger partial charge in [-0.3, -0.25) is 4.79 Å². The van der Waals surface area contributed by atoms with Gasteiger partial charge >= 0.3 is 5.97 Å². The van der Waals surface area contributed by atoms with E-state index in [1.807, 2.05) is 0 Å². The monoisotopic (exact) mass is 303 g/mol. The van der Waals surface area contributed by atoms with E-state index in [2.05, 4.69) is 5.32 Å². The lowest BCUT2D eigenvalue weighted by Gasteiger charge is -2.17. The molecule has 0 fully saturated rings. The number of carbonyl (C=O) groups is 2. The Balaban J connectivity index is 2.57. The number of hydrogen-bond acceptors (Lipinski definition) is 3. The molecule has 0 aromatic heterocycles. The van der Waals surface area contributed by atoms with E-state index >= 15 is 0 Å². The first-order chi connectivity index (χ1) is 9.31. The van der Waals surface area contributed by atoms with Crippen LogP contribution in [-0.2, 0) is 9.59 Å². The van der Waals surface area contributed by atoms with Gasteiger partial charge in [0, 0.05) is 11.0 Å². The van der Waals surface area contributed by atoms with Gasteiger partial charge in [-0.25, -0.2) is 13.6 Å². The SMILES string of the molecule is CC(C)C(NC(=O)CSc1ccc(F)cc1F)C(=O)O. The molecule has 7 heteroatoms. The number of thioether (sulfide) groups is 1. The third kappa shape index (κ3) is 4.80. The van der Waals surface area contributed by atoms with Crippen LogP contribution >= 0.6 is 11.8 Å². The molecule has 0 spiro atoms. The van der Waals surface area contributed by atoms with Gasteiger partial charge in [0.1, 0.15) is 17.7 Å². The summed E-state index contributed by atoms with van der Waals surface area (Å²) in [5.74, 6) is -3.47. The molecule has 0 aliphatic carbocycles. The Bertz CT molecular complexity index is 508. The zero-order valence-electron chi connectivity index (χ0n) is 11.0. The highest BCUT2D eigenvalue weighted by atomic mass is 32.2. The Morgan fingerprint density at radius 3 is 2.50 bits per heavy atom. The number of carboxylic acids is 1. The van der Waals surface area contributed by atoms with E-state index in [4.69, 9.17) is 5.11 Å². The number of amides is 1. The summed E-state index contributed by atoms with van der Waals surface area (Å²) >= 11 is 0.883. The molecule has 0 radical (unpaired) electrons. The third-order valence-corrected chi connectivity index (χ3v) is 3.55. The molecule has 0 saturated carbocycles. The summed E-state index contributed by atoms with van der Waals surface area (Å²) in [7, 11) is 0. The van der Waals surface area contributed by atoms with Crippen molar-refractivity contribution in [1.82, 2.24) is 5.32 Å². The molecule has 2 N–H and O–H groups in total. The van der Waals surface area contributed by atoms with Gasteiger partial charge in [-0.05, 0) is 18.1 Å². The Morgan fingerprint density at radius 2 is 2.00 bits per heavy atom. The average Bonchev–Trinajstić information content (AvgIpc) is 2.34. The lowest BCUT2D eigenvalue weighted by atomic mass is 10.1. The van der Waals surface area contributed by atoms with Crippen LogP contribution in [0.1, 0.15) is 13.8 Å². The topological polar surface area (TPSA) is 66.4 Å². The second-order valence-electron chi connectivity index (χ2n) is 4.49. The van der Waals surface area contributed by atoms with Crippen molar-refractivity contribution in [3.8, 4) is 0 Å². The van der Waals surface area contributed by atoms with Crippen LogP contribution in [0.5, 0.6) is 0 Å². The highest BCUT2D eigenvalue weighted by Crippen LogP contribution is 2.22. The molecule has 0 heterocycles. The van der Waals surface area contributed by atoms with Crippen molar-refractivity contribution >= 4 is 23.6 Å². The van der Waals surface area contributed by atoms with Crippen LogP contribution in [-0.4, -0.2) is 28.8 Å². The van der Waals surface area contributed by atoms with E-state index in [1.165, 1.54) is 6.07 Å². The van der Waals surface area contributed by atoms with E-state index < -0.39 is 29.6 Å². The molecule has 110 valence electrons. The third-order valence-electron chi connectivity index (χ3n) is 2.50. The fraction of sp³-hybridized carbons (Fsp3) is 0.385. The minimum absolute atomic E-state index is 0.137. The van der Waals surface area contributed by atoms with E-state index in [1.54, 1.807) is 13.8 Å². The molecule has 1 rings (SSSR count). The summed E-state index contributed by atoms with van der Waals surface area (Å²) < 4.78 is 26.0. The van der Waals surface area contributed by atoms with Crippen molar-refractivity contribution in [2.75, 3.05) is 5.75 Å². The fourth-order valence-corrected chi connectivity index (χ4v) is 2.20. The standard InChI is InChI=1S/C13H15F2NO3S/c1-7(2)12(13(18)19)16-11(17)6-20-10-4-3-8(14)5-9(10)15/h3-5,7,12H,6H2,1-2H3,(H,16,17)(H,18,19). The maximum atomic E-state index is 13.3. The molecular weight excluding hydrogens is 288 g/mol. The Morgan fingerprint density at radius 1 is 1.35 bits per heavy atom. The Labute approximate surface area is 119 Å². The molecule has 1 aromatic rings. The second-order valence-corrected chi connectivity index (χ2v) is 5.51. The molecule has 1 atom stereocenters. The van der Waals surface area contributed by atoms with Gasteiger partial charge in [0.05, 0.1) is 5.75 Å². The summed E-state index contributed by atoms with van der Waals surface area (Å²) in [6.45, 7) is 3.34. The van der Waals surface area contributed by atoms with Crippen LogP contribution in [0.3, 0.4) is 0 Å². The van der Waals surface area contributed by atoms with Gasteiger partial charge in [0.25, 0.3) is 0 Å². The van der Waals surface area contributed by atoms with Crippen molar-refractivity contribution in [2.24, 2.45) is 5.92 Å². The van der Waals surface area contributed by atoms with Crippen molar-refractivity contribution in [3.63, 3.8) is 0 Å². The van der Waals surface area contributed by atoms with E-state index in [0.717, 1.165) is 23.9 Å². The lowest BCUT2D eigenvalue weighted by Crippen LogP contribution is -2.45. The van der Waals surface area contributed by atoms with Gasteiger partial charge in [-0.1, -0.05) is 13.8 Å². The fourth-order valence-electron chi connectivity index (χ4n) is 1.46. The van der Waals surface area contributed by atoms with Gasteiger partial charge in [-0.15, -0.1) is 11.8 Å². The maximum Gasteiger partial charge on any atom is 0.326 e. The normalized spacial score (nSPS) is 12.2. The van der Waals surface area contributed by atoms with Gasteiger partial charge < -0.3 is 10.4 Å². The molecule has 0 aliphatic rings. The zero-order valence-corrected chi connectivity index (χ0v) is 11.8. The van der Waals surface area contributed by atoms with Crippen molar-refractivity contribution in [3.05, 3.63) is 29.8 Å². The first-order valence-electron chi connectivity index (χ1n) is 5.91. The molecule has 4 nitrogen and oxygen atoms in total. The van der Waals surface area contributed by atoms with E-state index in [0.29, 0.717) is 0 Å². The van der Waals surface area contributed by atoms with Crippen molar-refractivity contribution < 1.29 is 23.5 Å². The minimum Gasteiger partial charge on any atom is -0.480 e. The molecular formula is C13H15F2NO3S. The number of halogens is 2. The molecule has 1 unspecified atom stereocenters. The number of rotatable bonds is 6. The van der Waals surface area contributed by atoms with Crippen LogP contribution in [0.2, 0.25) is 0 Å². The molecule has 0 aliphatic heterocycles. The summed E-state index contributed by atoms with van der Waals surface area (Å²) in [6.07, 6.45) is 0. The summed E-state index contributed by atoms with van der Waals surface area (Å²) in [6, 6.07) is 2.08. The molecule has 1 amide bonds. The Kier molecular flexibility index (Phi) is 5.94. The number of carboxylic acid groups (broad SMARTS) is 1. The van der Waals surface area contributed by atoms with Gasteiger partial charge in [0.15, 0.2) is 0 Å². The van der Waals surface area contributed by atoms with E-state index in [9.17, 15) is 18.4 Å². The molecule has 1 aromatic carbocycles. The number of nitrogens with one attached hydrogen (secondary N) is 1. The van der Waals surface area contributed by atoms with Crippen molar-refractivity contribution in [1.29, 1.82) is 0 Å². The predicted molar refractivity (Wildman–Crippen MR) is 71.5 cm³/mol. The maximum absolute atomic E-state index is 13.3. The number of aliphatic carboxylic acids is 1. The van der Waals surface area contributed by atoms with Crippen LogP contribution in [0.15, 0.2) is 23.1 Å². The highest BCUT2D eigenvalue weighted by molar-refractivity contribution is 8.00. The van der Waals surface area contributed by atoms with Crippen molar-refractivity contribution in [2.45, 2.75) is 24.8 Å². The highest BCUT2D eigenvalue weighted by Gasteiger charge is 2.23. The average molecular weight is 303 g/mol. The summed E-state index contributed by atoms with van der Waals surface area (Å²) in [5.41, 5.74) is 0. The lowest BCUT2D eigenvalue weighted by molar-refractivity contribution is -0.142. The largest absolute Gasteiger partial charge is 0.480 e. The molecule has 0 saturated heterocycles. The number of benzene rings is 1. The minimum atomic E-state index is -1.12. The van der Waals surface area contributed by atoms with Crippen LogP contribution in [0.25, 0.3) is 0 Å². The zero-order chi connectivity index (χ0) is 15.3. The smallest absolute Gasteiger partial charge is 0.326 e. The number of hydrogen-bond donors (Lipinski definition) is 2. The van der Waals surface area contributed by atoms with Crippen LogP contribution in [0.4, 0.5) is 8.78 Å². The number of carbonyl (C=O) groups excluding carboxylic acids is 1. The summed E-state index contributed by atoms with van der Waals surface area (Å²) in [4.78, 5) is 22.7. The summed E-state index contributed by atoms with van der Waals surface area (Å²) in [5, 5.41) is 11.3. The predicted octanol–water partition coefficient (Wildman–Crippen LogP) is 2.28. The van der Waals surface area contributed by atoms with Gasteiger partial charge in [-0.2, -0.15) is 0 Å².